The number of aromatic nitrogens is 1. The SMILES string of the molecule is CCN(CCCO)c1cc([N+](=O)[O-])cc(N)n1. The zero-order valence-electron chi connectivity index (χ0n) is 9.67. The maximum Gasteiger partial charge on any atom is 0.276 e. The minimum atomic E-state index is -0.499. The van der Waals surface area contributed by atoms with E-state index in [1.165, 1.54) is 12.1 Å². The minimum Gasteiger partial charge on any atom is -0.396 e. The number of aliphatic hydroxyl groups is 1. The van der Waals surface area contributed by atoms with E-state index < -0.39 is 4.92 Å². The fraction of sp³-hybridized carbons (Fsp3) is 0.500. The van der Waals surface area contributed by atoms with Crippen molar-refractivity contribution in [1.29, 1.82) is 0 Å². The van der Waals surface area contributed by atoms with E-state index in [-0.39, 0.29) is 18.1 Å². The number of rotatable bonds is 6. The lowest BCUT2D eigenvalue weighted by Crippen LogP contribution is -2.25. The molecule has 1 aromatic rings. The van der Waals surface area contributed by atoms with Gasteiger partial charge in [-0.2, -0.15) is 0 Å². The van der Waals surface area contributed by atoms with Crippen LogP contribution in [0.5, 0.6) is 0 Å². The van der Waals surface area contributed by atoms with Crippen LogP contribution in [0.4, 0.5) is 17.3 Å². The molecular formula is C10H16N4O3. The van der Waals surface area contributed by atoms with Crippen LogP contribution in [0.3, 0.4) is 0 Å². The zero-order valence-corrected chi connectivity index (χ0v) is 9.67. The Kier molecular flexibility index (Phi) is 4.65. The van der Waals surface area contributed by atoms with Crippen LogP contribution in [0, 0.1) is 10.1 Å². The van der Waals surface area contributed by atoms with E-state index in [1.54, 1.807) is 0 Å². The fourth-order valence-corrected chi connectivity index (χ4v) is 1.49. The van der Waals surface area contributed by atoms with Crippen molar-refractivity contribution >= 4 is 17.3 Å². The van der Waals surface area contributed by atoms with E-state index in [0.29, 0.717) is 25.3 Å². The van der Waals surface area contributed by atoms with Gasteiger partial charge in [-0.1, -0.05) is 0 Å². The molecule has 0 spiro atoms. The summed E-state index contributed by atoms with van der Waals surface area (Å²) in [6, 6.07) is 2.61. The molecular weight excluding hydrogens is 224 g/mol. The number of nitrogens with two attached hydrogens (primary N) is 1. The molecule has 0 radical (unpaired) electrons. The molecule has 0 aliphatic heterocycles. The lowest BCUT2D eigenvalue weighted by molar-refractivity contribution is -0.384. The summed E-state index contributed by atoms with van der Waals surface area (Å²) < 4.78 is 0. The topological polar surface area (TPSA) is 106 Å². The Hall–Kier alpha value is -1.89. The highest BCUT2D eigenvalue weighted by Gasteiger charge is 2.13. The molecule has 17 heavy (non-hydrogen) atoms. The second-order valence-electron chi connectivity index (χ2n) is 3.52. The van der Waals surface area contributed by atoms with E-state index >= 15 is 0 Å². The van der Waals surface area contributed by atoms with Crippen LogP contribution in [0.25, 0.3) is 0 Å². The third-order valence-electron chi connectivity index (χ3n) is 2.32. The first-order valence-electron chi connectivity index (χ1n) is 5.36. The quantitative estimate of drug-likeness (QED) is 0.562. The number of anilines is 2. The number of aliphatic hydroxyl groups excluding tert-OH is 1. The van der Waals surface area contributed by atoms with Crippen molar-refractivity contribution in [2.75, 3.05) is 30.3 Å². The molecule has 3 N–H and O–H groups in total. The maximum absolute atomic E-state index is 10.7. The third kappa shape index (κ3) is 3.56. The van der Waals surface area contributed by atoms with E-state index in [2.05, 4.69) is 4.98 Å². The summed E-state index contributed by atoms with van der Waals surface area (Å²) in [6.45, 7) is 3.21. The van der Waals surface area contributed by atoms with Gasteiger partial charge in [-0.25, -0.2) is 4.98 Å². The number of hydrogen-bond acceptors (Lipinski definition) is 6. The smallest absolute Gasteiger partial charge is 0.276 e. The van der Waals surface area contributed by atoms with Crippen molar-refractivity contribution in [2.24, 2.45) is 0 Å². The third-order valence-corrected chi connectivity index (χ3v) is 2.32. The largest absolute Gasteiger partial charge is 0.396 e. The van der Waals surface area contributed by atoms with Gasteiger partial charge in [0.15, 0.2) is 0 Å². The lowest BCUT2D eigenvalue weighted by atomic mass is 10.3. The average Bonchev–Trinajstić information content (AvgIpc) is 2.29. The van der Waals surface area contributed by atoms with Crippen molar-refractivity contribution < 1.29 is 10.0 Å². The van der Waals surface area contributed by atoms with Gasteiger partial charge in [-0.05, 0) is 13.3 Å². The highest BCUT2D eigenvalue weighted by atomic mass is 16.6. The molecule has 7 heteroatoms. The van der Waals surface area contributed by atoms with Gasteiger partial charge < -0.3 is 15.7 Å². The van der Waals surface area contributed by atoms with Gasteiger partial charge >= 0.3 is 0 Å². The molecule has 0 aliphatic carbocycles. The average molecular weight is 240 g/mol. The summed E-state index contributed by atoms with van der Waals surface area (Å²) >= 11 is 0. The highest BCUT2D eigenvalue weighted by molar-refractivity contribution is 5.54. The molecule has 0 unspecified atom stereocenters. The molecule has 0 amide bonds. The summed E-state index contributed by atoms with van der Waals surface area (Å²) in [5, 5.41) is 19.5. The lowest BCUT2D eigenvalue weighted by Gasteiger charge is -2.21. The standard InChI is InChI=1S/C10H16N4O3/c1-2-13(4-3-5-15)10-7-8(14(16)17)6-9(11)12-10/h6-7,15H,2-5H2,1H3,(H2,11,12). The molecule has 0 atom stereocenters. The van der Waals surface area contributed by atoms with Crippen molar-refractivity contribution in [3.63, 3.8) is 0 Å². The minimum absolute atomic E-state index is 0.0703. The van der Waals surface area contributed by atoms with Crippen LogP contribution in [0.1, 0.15) is 13.3 Å². The second-order valence-corrected chi connectivity index (χ2v) is 3.52. The van der Waals surface area contributed by atoms with Gasteiger partial charge in [0, 0.05) is 19.7 Å². The van der Waals surface area contributed by atoms with Crippen molar-refractivity contribution in [2.45, 2.75) is 13.3 Å². The first-order valence-corrected chi connectivity index (χ1v) is 5.36. The van der Waals surface area contributed by atoms with Crippen LogP contribution in [-0.4, -0.2) is 34.7 Å². The summed E-state index contributed by atoms with van der Waals surface area (Å²) in [4.78, 5) is 16.1. The van der Waals surface area contributed by atoms with E-state index in [1.807, 2.05) is 11.8 Å². The van der Waals surface area contributed by atoms with Gasteiger partial charge in [-0.15, -0.1) is 0 Å². The Balaban J connectivity index is 2.98. The van der Waals surface area contributed by atoms with Gasteiger partial charge in [0.1, 0.15) is 11.6 Å². The van der Waals surface area contributed by atoms with Crippen LogP contribution < -0.4 is 10.6 Å². The van der Waals surface area contributed by atoms with Crippen molar-refractivity contribution in [1.82, 2.24) is 4.98 Å². The Bertz CT molecular complexity index is 397. The number of nitrogens with zero attached hydrogens (tertiary/aromatic N) is 3. The molecule has 0 aromatic carbocycles. The van der Waals surface area contributed by atoms with Crippen LogP contribution in [-0.2, 0) is 0 Å². The monoisotopic (exact) mass is 240 g/mol. The van der Waals surface area contributed by atoms with Crippen molar-refractivity contribution in [3.05, 3.63) is 22.2 Å². The molecule has 1 rings (SSSR count). The fourth-order valence-electron chi connectivity index (χ4n) is 1.49. The van der Waals surface area contributed by atoms with Gasteiger partial charge in [-0.3, -0.25) is 10.1 Å². The van der Waals surface area contributed by atoms with E-state index in [4.69, 9.17) is 10.8 Å². The molecule has 1 aromatic heterocycles. The number of hydrogen-bond donors (Lipinski definition) is 2. The molecule has 1 heterocycles. The second kappa shape index (κ2) is 6.00. The predicted molar refractivity (Wildman–Crippen MR) is 64.9 cm³/mol. The molecule has 0 saturated heterocycles. The highest BCUT2D eigenvalue weighted by Crippen LogP contribution is 2.21. The van der Waals surface area contributed by atoms with E-state index in [9.17, 15) is 10.1 Å². The summed E-state index contributed by atoms with van der Waals surface area (Å²) in [5.41, 5.74) is 5.45. The Morgan fingerprint density at radius 2 is 2.29 bits per heavy atom. The van der Waals surface area contributed by atoms with Crippen molar-refractivity contribution in [3.8, 4) is 0 Å². The summed E-state index contributed by atoms with van der Waals surface area (Å²) in [7, 11) is 0. The summed E-state index contributed by atoms with van der Waals surface area (Å²) in [5.74, 6) is 0.587. The molecule has 0 saturated carbocycles. The number of nitrogen functional groups attached to an aromatic ring is 1. The van der Waals surface area contributed by atoms with Gasteiger partial charge in [0.25, 0.3) is 5.69 Å². The van der Waals surface area contributed by atoms with Crippen LogP contribution in [0.15, 0.2) is 12.1 Å². The number of nitro groups is 1. The first kappa shape index (κ1) is 13.2. The molecule has 0 bridgehead atoms. The first-order chi connectivity index (χ1) is 8.08. The normalized spacial score (nSPS) is 10.2. The van der Waals surface area contributed by atoms with Crippen LogP contribution >= 0.6 is 0 Å². The van der Waals surface area contributed by atoms with Gasteiger partial charge in [0.05, 0.1) is 17.1 Å². The maximum atomic E-state index is 10.7. The molecule has 94 valence electrons. The Morgan fingerprint density at radius 1 is 1.59 bits per heavy atom. The molecule has 0 aliphatic rings. The molecule has 7 nitrogen and oxygen atoms in total. The predicted octanol–water partition coefficient (Wildman–Crippen LogP) is 0.781. The van der Waals surface area contributed by atoms with E-state index in [0.717, 1.165) is 0 Å². The van der Waals surface area contributed by atoms with Gasteiger partial charge in [0.2, 0.25) is 0 Å². The Morgan fingerprint density at radius 3 is 2.82 bits per heavy atom. The number of pyridine rings is 1. The Labute approximate surface area is 99.0 Å². The summed E-state index contributed by atoms with van der Waals surface area (Å²) in [6.07, 6.45) is 0.581. The zero-order chi connectivity index (χ0) is 12.8. The van der Waals surface area contributed by atoms with Crippen LogP contribution in [0.2, 0.25) is 0 Å². The molecule has 0 fully saturated rings.